The third-order valence-electron chi connectivity index (χ3n) is 4.99. The average Bonchev–Trinajstić information content (AvgIpc) is 2.79. The maximum Gasteiger partial charge on any atom is 0.243 e. The van der Waals surface area contributed by atoms with Crippen molar-refractivity contribution in [2.24, 2.45) is 0 Å². The Morgan fingerprint density at radius 3 is 2.28 bits per heavy atom. The summed E-state index contributed by atoms with van der Waals surface area (Å²) < 4.78 is 42.9. The van der Waals surface area contributed by atoms with Gasteiger partial charge in [-0.05, 0) is 54.1 Å². The Labute approximate surface area is 194 Å². The summed E-state index contributed by atoms with van der Waals surface area (Å²) in [4.78, 5) is 17.3. The van der Waals surface area contributed by atoms with Crippen LogP contribution in [0.4, 0.5) is 4.39 Å². The fourth-order valence-electron chi connectivity index (χ4n) is 3.38. The van der Waals surface area contributed by atoms with E-state index in [0.29, 0.717) is 5.56 Å². The summed E-state index contributed by atoms with van der Waals surface area (Å²) in [7, 11) is -3.89. The van der Waals surface area contributed by atoms with Crippen LogP contribution in [0.15, 0.2) is 93.6 Å². The molecule has 162 valence electrons. The number of benzene rings is 2. The second kappa shape index (κ2) is 9.28. The Morgan fingerprint density at radius 1 is 0.938 bits per heavy atom. The Morgan fingerprint density at radius 2 is 1.62 bits per heavy atom. The van der Waals surface area contributed by atoms with Crippen LogP contribution in [0.3, 0.4) is 0 Å². The minimum atomic E-state index is -3.89. The van der Waals surface area contributed by atoms with Gasteiger partial charge in [0.15, 0.2) is 5.78 Å². The number of ketones is 1. The van der Waals surface area contributed by atoms with E-state index in [4.69, 9.17) is 0 Å². The van der Waals surface area contributed by atoms with Gasteiger partial charge in [0, 0.05) is 46.7 Å². The van der Waals surface area contributed by atoms with Crippen LogP contribution in [-0.4, -0.2) is 36.6 Å². The van der Waals surface area contributed by atoms with Crippen molar-refractivity contribution in [1.29, 1.82) is 0 Å². The van der Waals surface area contributed by atoms with Gasteiger partial charge in [-0.3, -0.25) is 9.78 Å². The molecule has 4 rings (SSSR count). The minimum absolute atomic E-state index is 0.0965. The number of sulfonamides is 1. The number of piperidine rings is 1. The molecule has 1 aliphatic heterocycles. The first kappa shape index (κ1) is 22.3. The summed E-state index contributed by atoms with van der Waals surface area (Å²) in [6, 6.07) is 15.8. The minimum Gasteiger partial charge on any atom is -0.289 e. The molecule has 2 aromatic carbocycles. The third-order valence-corrected chi connectivity index (χ3v) is 7.32. The van der Waals surface area contributed by atoms with Gasteiger partial charge >= 0.3 is 0 Å². The van der Waals surface area contributed by atoms with Crippen LogP contribution in [0.1, 0.15) is 11.1 Å². The standard InChI is InChI=1S/C24H18BrFN2O3S/c25-21-7-9-22(10-8-21)32(30,31)28-15-19(12-17-4-3-11-27-14-17)24(29)20(16-28)13-18-5-1-2-6-23(18)26/h1-14H,15-16H2/b19-12+,20-13+. The molecule has 0 spiro atoms. The third kappa shape index (κ3) is 4.77. The van der Waals surface area contributed by atoms with Gasteiger partial charge in [-0.1, -0.05) is 40.2 Å². The lowest BCUT2D eigenvalue weighted by Gasteiger charge is -2.29. The molecule has 0 aliphatic carbocycles. The normalized spacial score (nSPS) is 17.8. The molecule has 0 bridgehead atoms. The number of Topliss-reactive ketones (excluding diaryl/α,β-unsaturated/α-hetero) is 1. The zero-order chi connectivity index (χ0) is 22.7. The van der Waals surface area contributed by atoms with E-state index in [1.54, 1.807) is 60.9 Å². The number of hydrogen-bond donors (Lipinski definition) is 0. The molecule has 0 saturated carbocycles. The molecule has 0 unspecified atom stereocenters. The summed E-state index contributed by atoms with van der Waals surface area (Å²) in [6.07, 6.45) is 6.23. The molecule has 0 radical (unpaired) electrons. The highest BCUT2D eigenvalue weighted by Gasteiger charge is 2.34. The van der Waals surface area contributed by atoms with Crippen molar-refractivity contribution in [3.63, 3.8) is 0 Å². The Kier molecular flexibility index (Phi) is 6.45. The Bertz CT molecular complexity index is 1320. The van der Waals surface area contributed by atoms with Crippen LogP contribution in [-0.2, 0) is 14.8 Å². The molecular weight excluding hydrogens is 495 g/mol. The monoisotopic (exact) mass is 512 g/mol. The second-order valence-electron chi connectivity index (χ2n) is 7.20. The van der Waals surface area contributed by atoms with Crippen LogP contribution in [0.2, 0.25) is 0 Å². The van der Waals surface area contributed by atoms with Gasteiger partial charge in [0.05, 0.1) is 4.90 Å². The zero-order valence-corrected chi connectivity index (χ0v) is 19.2. The first-order chi connectivity index (χ1) is 15.3. The molecule has 0 N–H and O–H groups in total. The smallest absolute Gasteiger partial charge is 0.243 e. The van der Waals surface area contributed by atoms with Gasteiger partial charge in [0.25, 0.3) is 0 Å². The largest absolute Gasteiger partial charge is 0.289 e. The summed E-state index contributed by atoms with van der Waals surface area (Å²) in [5, 5.41) is 0. The van der Waals surface area contributed by atoms with Gasteiger partial charge < -0.3 is 0 Å². The summed E-state index contributed by atoms with van der Waals surface area (Å²) in [6.45, 7) is -0.253. The Hall–Kier alpha value is -2.94. The van der Waals surface area contributed by atoms with E-state index in [9.17, 15) is 17.6 Å². The number of pyridine rings is 1. The summed E-state index contributed by atoms with van der Waals surface area (Å²) >= 11 is 3.30. The molecule has 32 heavy (non-hydrogen) atoms. The van der Waals surface area contributed by atoms with Gasteiger partial charge in [0.1, 0.15) is 5.82 Å². The zero-order valence-electron chi connectivity index (χ0n) is 16.8. The van der Waals surface area contributed by atoms with Crippen molar-refractivity contribution in [3.8, 4) is 0 Å². The molecular formula is C24H18BrFN2O3S. The molecule has 2 heterocycles. The van der Waals surface area contributed by atoms with Crippen LogP contribution < -0.4 is 0 Å². The fourth-order valence-corrected chi connectivity index (χ4v) is 5.04. The van der Waals surface area contributed by atoms with Crippen LogP contribution in [0.25, 0.3) is 12.2 Å². The lowest BCUT2D eigenvalue weighted by atomic mass is 9.96. The maximum absolute atomic E-state index is 14.2. The topological polar surface area (TPSA) is 67.3 Å². The van der Waals surface area contributed by atoms with Gasteiger partial charge in [-0.2, -0.15) is 4.31 Å². The van der Waals surface area contributed by atoms with E-state index in [1.807, 2.05) is 0 Å². The van der Waals surface area contributed by atoms with Crippen LogP contribution in [0, 0.1) is 5.82 Å². The summed E-state index contributed by atoms with van der Waals surface area (Å²) in [5.41, 5.74) is 1.37. The first-order valence-corrected chi connectivity index (χ1v) is 11.9. The Balaban J connectivity index is 1.79. The quantitative estimate of drug-likeness (QED) is 0.474. The highest BCUT2D eigenvalue weighted by atomic mass is 79.9. The number of carbonyl (C=O) groups is 1. The highest BCUT2D eigenvalue weighted by molar-refractivity contribution is 9.10. The van der Waals surface area contributed by atoms with Gasteiger partial charge in [-0.15, -0.1) is 0 Å². The molecule has 1 saturated heterocycles. The molecule has 3 aromatic rings. The van der Waals surface area contributed by atoms with Crippen LogP contribution in [0.5, 0.6) is 0 Å². The van der Waals surface area contributed by atoms with E-state index in [1.165, 1.54) is 28.6 Å². The van der Waals surface area contributed by atoms with Crippen molar-refractivity contribution in [3.05, 3.63) is 106 Å². The molecule has 1 aliphatic rings. The van der Waals surface area contributed by atoms with Crippen molar-refractivity contribution >= 4 is 43.9 Å². The van der Waals surface area contributed by atoms with Gasteiger partial charge in [0.2, 0.25) is 10.0 Å². The van der Waals surface area contributed by atoms with Gasteiger partial charge in [-0.25, -0.2) is 12.8 Å². The first-order valence-electron chi connectivity index (χ1n) is 9.71. The van der Waals surface area contributed by atoms with E-state index in [2.05, 4.69) is 20.9 Å². The number of halogens is 2. The maximum atomic E-state index is 14.2. The number of hydrogen-bond acceptors (Lipinski definition) is 4. The fraction of sp³-hybridized carbons (Fsp3) is 0.0833. The molecule has 1 fully saturated rings. The molecule has 5 nitrogen and oxygen atoms in total. The highest BCUT2D eigenvalue weighted by Crippen LogP contribution is 2.28. The SMILES string of the molecule is O=C1/C(=C/c2cccnc2)CN(S(=O)(=O)c2ccc(Br)cc2)C/C1=C\c1ccccc1F. The number of nitrogens with zero attached hydrogens (tertiary/aromatic N) is 2. The lowest BCUT2D eigenvalue weighted by Crippen LogP contribution is -2.41. The molecule has 0 amide bonds. The molecule has 8 heteroatoms. The predicted molar refractivity (Wildman–Crippen MR) is 124 cm³/mol. The second-order valence-corrected chi connectivity index (χ2v) is 10.1. The average molecular weight is 513 g/mol. The van der Waals surface area contributed by atoms with Crippen LogP contribution >= 0.6 is 15.9 Å². The predicted octanol–water partition coefficient (Wildman–Crippen LogP) is 4.72. The van der Waals surface area contributed by atoms with Crippen molar-refractivity contribution in [2.75, 3.05) is 13.1 Å². The summed E-state index contributed by atoms with van der Waals surface area (Å²) in [5.74, 6) is -0.808. The lowest BCUT2D eigenvalue weighted by molar-refractivity contribution is -0.113. The van der Waals surface area contributed by atoms with E-state index in [-0.39, 0.29) is 40.5 Å². The van der Waals surface area contributed by atoms with E-state index >= 15 is 0 Å². The van der Waals surface area contributed by atoms with E-state index < -0.39 is 15.8 Å². The molecule has 0 atom stereocenters. The van der Waals surface area contributed by atoms with Crippen molar-refractivity contribution in [2.45, 2.75) is 4.90 Å². The molecule has 1 aromatic heterocycles. The van der Waals surface area contributed by atoms with Crippen molar-refractivity contribution < 1.29 is 17.6 Å². The van der Waals surface area contributed by atoms with E-state index in [0.717, 1.165) is 4.47 Å². The number of carbonyl (C=O) groups excluding carboxylic acids is 1. The van der Waals surface area contributed by atoms with Crippen molar-refractivity contribution in [1.82, 2.24) is 9.29 Å². The number of rotatable bonds is 4. The number of aromatic nitrogens is 1.